The second-order valence-electron chi connectivity index (χ2n) is 18.8. The van der Waals surface area contributed by atoms with Gasteiger partial charge < -0.3 is 15.8 Å². The highest BCUT2D eigenvalue weighted by atomic mass is 16.5. The number of aliphatic imine (C=N–C) groups is 1. The van der Waals surface area contributed by atoms with Gasteiger partial charge in [0, 0.05) is 28.1 Å². The summed E-state index contributed by atoms with van der Waals surface area (Å²) in [5.74, 6) is 1.78. The molecule has 330 valence electrons. The van der Waals surface area contributed by atoms with Gasteiger partial charge in [-0.25, -0.2) is 0 Å². The van der Waals surface area contributed by atoms with E-state index in [1.807, 2.05) is 18.2 Å². The van der Waals surface area contributed by atoms with Crippen LogP contribution in [0.15, 0.2) is 254 Å². The van der Waals surface area contributed by atoms with Gasteiger partial charge >= 0.3 is 0 Å². The number of nitrogens with one attached hydrogen (secondary N) is 1. The maximum absolute atomic E-state index is 6.73. The molecular weight excluding hydrogens is 851 g/mol. The Morgan fingerprint density at radius 3 is 1.53 bits per heavy atom. The lowest BCUT2D eigenvalue weighted by Gasteiger charge is -2.51. The van der Waals surface area contributed by atoms with E-state index in [0.29, 0.717) is 0 Å². The summed E-state index contributed by atoms with van der Waals surface area (Å²) < 4.78 is 6.73. The molecule has 1 atom stereocenters. The number of para-hydroxylation sites is 2. The zero-order valence-corrected chi connectivity index (χ0v) is 38.2. The highest BCUT2D eigenvalue weighted by Gasteiger charge is 2.58. The van der Waals surface area contributed by atoms with E-state index >= 15 is 0 Å². The number of nitrogens with zero attached hydrogens (tertiary/aromatic N) is 1. The van der Waals surface area contributed by atoms with Crippen LogP contribution in [0.5, 0.6) is 11.5 Å². The smallest absolute Gasteiger partial charge is 0.145 e. The predicted octanol–water partition coefficient (Wildman–Crippen LogP) is 14.9. The van der Waals surface area contributed by atoms with Crippen molar-refractivity contribution in [3.63, 3.8) is 0 Å². The van der Waals surface area contributed by atoms with Crippen LogP contribution in [0.1, 0.15) is 67.4 Å². The fourth-order valence-corrected chi connectivity index (χ4v) is 12.3. The van der Waals surface area contributed by atoms with Gasteiger partial charge in [-0.3, -0.25) is 4.99 Å². The Balaban J connectivity index is 0.919. The van der Waals surface area contributed by atoms with E-state index in [0.717, 1.165) is 73.1 Å². The third-order valence-electron chi connectivity index (χ3n) is 15.2. The Bertz CT molecular complexity index is 3710. The van der Waals surface area contributed by atoms with Crippen LogP contribution in [0.25, 0.3) is 39.1 Å². The summed E-state index contributed by atoms with van der Waals surface area (Å²) in [5.41, 5.74) is 28.0. The maximum Gasteiger partial charge on any atom is 0.145 e. The largest absolute Gasteiger partial charge is 0.457 e. The van der Waals surface area contributed by atoms with Crippen LogP contribution in [-0.4, -0.2) is 5.71 Å². The number of anilines is 1. The van der Waals surface area contributed by atoms with Crippen LogP contribution in [0.4, 0.5) is 5.69 Å². The van der Waals surface area contributed by atoms with Crippen molar-refractivity contribution in [2.45, 2.75) is 17.0 Å². The molecule has 1 unspecified atom stereocenters. The molecule has 4 nitrogen and oxygen atoms in total. The third-order valence-corrected chi connectivity index (χ3v) is 15.2. The zero-order valence-electron chi connectivity index (χ0n) is 38.2. The van der Waals surface area contributed by atoms with Crippen molar-refractivity contribution in [2.75, 3.05) is 5.73 Å². The molecule has 0 saturated heterocycles. The minimum atomic E-state index is -0.611. The number of benzene rings is 10. The van der Waals surface area contributed by atoms with E-state index in [9.17, 15) is 0 Å². The standard InChI is InChI=1S/C66H45N3O/c67-48-22-15-20-46(40-48)45-19-14-21-47(39-45)60-41-59(68-64(69-60)44-17-2-1-3-18-44)43-37-35-42(36-38-43)49-24-16-32-58-63(49)50-23-4-5-25-51(50)65(58)52-26-6-8-28-54(52)66(55-29-9-7-27-53(55)65)56-30-10-12-33-61(56)70-62-34-13-11-31-57(62)66/h1-41,64,68H,67H2. The van der Waals surface area contributed by atoms with Crippen molar-refractivity contribution >= 4 is 17.1 Å². The Labute approximate surface area is 407 Å². The van der Waals surface area contributed by atoms with Crippen molar-refractivity contribution in [2.24, 2.45) is 4.99 Å². The molecule has 0 radical (unpaired) electrons. The van der Waals surface area contributed by atoms with E-state index in [1.165, 1.54) is 50.1 Å². The lowest BCUT2D eigenvalue weighted by molar-refractivity contribution is 0.429. The topological polar surface area (TPSA) is 59.6 Å². The van der Waals surface area contributed by atoms with Crippen LogP contribution < -0.4 is 15.8 Å². The van der Waals surface area contributed by atoms with Crippen molar-refractivity contribution in [3.05, 3.63) is 310 Å². The molecule has 4 heteroatoms. The maximum atomic E-state index is 6.73. The van der Waals surface area contributed by atoms with Crippen LogP contribution in [-0.2, 0) is 10.8 Å². The molecule has 0 bridgehead atoms. The predicted molar refractivity (Wildman–Crippen MR) is 284 cm³/mol. The average molecular weight is 896 g/mol. The first kappa shape index (κ1) is 40.1. The fraction of sp³-hybridized carbons (Fsp3) is 0.0455. The van der Waals surface area contributed by atoms with Gasteiger partial charge in [0.25, 0.3) is 0 Å². The zero-order chi connectivity index (χ0) is 46.4. The van der Waals surface area contributed by atoms with Crippen molar-refractivity contribution < 1.29 is 4.74 Å². The second-order valence-corrected chi connectivity index (χ2v) is 18.8. The molecule has 10 aromatic carbocycles. The minimum Gasteiger partial charge on any atom is -0.457 e. The molecule has 0 fully saturated rings. The first-order chi connectivity index (χ1) is 34.6. The van der Waals surface area contributed by atoms with E-state index in [4.69, 9.17) is 15.5 Å². The Morgan fingerprint density at radius 1 is 0.386 bits per heavy atom. The average Bonchev–Trinajstić information content (AvgIpc) is 3.73. The third kappa shape index (κ3) is 5.74. The number of ether oxygens (including phenoxy) is 1. The van der Waals surface area contributed by atoms with Gasteiger partial charge in [0.2, 0.25) is 0 Å². The number of nitrogens with two attached hydrogens (primary N) is 1. The molecule has 70 heavy (non-hydrogen) atoms. The Morgan fingerprint density at radius 2 is 0.871 bits per heavy atom. The van der Waals surface area contributed by atoms with Gasteiger partial charge in [-0.1, -0.05) is 212 Å². The number of hydrogen-bond donors (Lipinski definition) is 2. The van der Waals surface area contributed by atoms with Gasteiger partial charge in [-0.05, 0) is 114 Å². The summed E-state index contributed by atoms with van der Waals surface area (Å²) in [5, 5.41) is 3.80. The molecule has 2 aliphatic heterocycles. The summed E-state index contributed by atoms with van der Waals surface area (Å²) in [6.07, 6.45) is 1.92. The molecule has 14 rings (SSSR count). The van der Waals surface area contributed by atoms with Crippen LogP contribution in [0.2, 0.25) is 0 Å². The van der Waals surface area contributed by atoms with Gasteiger partial charge in [0.1, 0.15) is 17.7 Å². The molecule has 3 N–H and O–H groups in total. The van der Waals surface area contributed by atoms with Crippen molar-refractivity contribution in [1.82, 2.24) is 5.32 Å². The molecular formula is C66H45N3O. The first-order valence-corrected chi connectivity index (χ1v) is 24.1. The lowest BCUT2D eigenvalue weighted by Crippen LogP contribution is -2.45. The number of fused-ring (bicyclic) bond motifs is 15. The van der Waals surface area contributed by atoms with Crippen LogP contribution in [0.3, 0.4) is 0 Å². The van der Waals surface area contributed by atoms with Crippen LogP contribution >= 0.6 is 0 Å². The second kappa shape index (κ2) is 15.5. The van der Waals surface area contributed by atoms with Crippen LogP contribution in [0, 0.1) is 0 Å². The fourth-order valence-electron chi connectivity index (χ4n) is 12.3. The van der Waals surface area contributed by atoms with Gasteiger partial charge in [0.15, 0.2) is 0 Å². The Hall–Kier alpha value is -8.99. The number of allylic oxidation sites excluding steroid dienone is 1. The monoisotopic (exact) mass is 895 g/mol. The van der Waals surface area contributed by atoms with E-state index < -0.39 is 10.8 Å². The SMILES string of the molecule is Nc1cccc(-c2cccc(C3=NC(c4ccccc4)NC(c4ccc(-c5cccc6c5-c5ccccc5C65c6ccccc6C6(c7ccccc7Oc7ccccc76)c6ccccc65)cc4)=C3)c2)c1. The number of rotatable bonds is 5. The molecule has 2 spiro atoms. The summed E-state index contributed by atoms with van der Waals surface area (Å²) in [7, 11) is 0. The normalized spacial score (nSPS) is 16.0. The lowest BCUT2D eigenvalue weighted by atomic mass is 9.51. The molecule has 0 saturated carbocycles. The minimum absolute atomic E-state index is 0.263. The highest BCUT2D eigenvalue weighted by Crippen LogP contribution is 2.67. The van der Waals surface area contributed by atoms with E-state index in [-0.39, 0.29) is 6.17 Å². The van der Waals surface area contributed by atoms with Gasteiger partial charge in [-0.15, -0.1) is 0 Å². The van der Waals surface area contributed by atoms with Crippen molar-refractivity contribution in [3.8, 4) is 44.9 Å². The summed E-state index contributed by atoms with van der Waals surface area (Å²) in [6.45, 7) is 0. The molecule has 2 heterocycles. The van der Waals surface area contributed by atoms with Gasteiger partial charge in [0.05, 0.1) is 16.5 Å². The first-order valence-electron chi connectivity index (χ1n) is 24.1. The quantitative estimate of drug-likeness (QED) is 0.169. The highest BCUT2D eigenvalue weighted by molar-refractivity contribution is 6.13. The Kier molecular flexibility index (Phi) is 8.90. The molecule has 10 aromatic rings. The summed E-state index contributed by atoms with van der Waals surface area (Å²) in [6, 6.07) is 87.9. The van der Waals surface area contributed by atoms with Gasteiger partial charge in [-0.2, -0.15) is 0 Å². The molecule has 0 amide bonds. The van der Waals surface area contributed by atoms with Crippen molar-refractivity contribution in [1.29, 1.82) is 0 Å². The summed E-state index contributed by atoms with van der Waals surface area (Å²) in [4.78, 5) is 5.30. The summed E-state index contributed by atoms with van der Waals surface area (Å²) >= 11 is 0. The van der Waals surface area contributed by atoms with E-state index in [1.54, 1.807) is 0 Å². The molecule has 0 aromatic heterocycles. The number of hydrogen-bond acceptors (Lipinski definition) is 4. The molecule has 4 aliphatic rings. The van der Waals surface area contributed by atoms with E-state index in [2.05, 4.69) is 236 Å². The molecule has 2 aliphatic carbocycles. The number of nitrogen functional groups attached to an aromatic ring is 1.